The van der Waals surface area contributed by atoms with E-state index in [1.54, 1.807) is 0 Å². The number of carboxylic acids is 1. The van der Waals surface area contributed by atoms with Gasteiger partial charge < -0.3 is 9.84 Å². The number of ether oxygens (including phenoxy) is 1. The molecule has 0 aromatic heterocycles. The second kappa shape index (κ2) is 5.59. The molecule has 0 spiro atoms. The summed E-state index contributed by atoms with van der Waals surface area (Å²) >= 11 is 5.91. The summed E-state index contributed by atoms with van der Waals surface area (Å²) in [6, 6.07) is 3.66. The Bertz CT molecular complexity index is 666. The number of benzene rings is 1. The molecule has 1 heterocycles. The Morgan fingerprint density at radius 3 is 2.67 bits per heavy atom. The van der Waals surface area contributed by atoms with Crippen molar-refractivity contribution in [2.24, 2.45) is 0 Å². The van der Waals surface area contributed by atoms with Crippen LogP contribution in [0.4, 0.5) is 0 Å². The Labute approximate surface area is 128 Å². The van der Waals surface area contributed by atoms with Crippen LogP contribution < -0.4 is 0 Å². The maximum absolute atomic E-state index is 12.4. The summed E-state index contributed by atoms with van der Waals surface area (Å²) in [7, 11) is -3.70. The summed E-state index contributed by atoms with van der Waals surface area (Å²) in [4.78, 5) is 10.8. The van der Waals surface area contributed by atoms with Crippen molar-refractivity contribution in [2.45, 2.75) is 43.3 Å². The average Bonchev–Trinajstić information content (AvgIpc) is 2.67. The van der Waals surface area contributed by atoms with Crippen LogP contribution in [0.5, 0.6) is 0 Å². The van der Waals surface area contributed by atoms with Crippen molar-refractivity contribution in [1.82, 2.24) is 0 Å². The van der Waals surface area contributed by atoms with Gasteiger partial charge in [0.1, 0.15) is 0 Å². The number of carbonyl (C=O) groups is 1. The smallest absolute Gasteiger partial charge is 0.335 e. The van der Waals surface area contributed by atoms with Crippen LogP contribution in [0.1, 0.15) is 37.0 Å². The van der Waals surface area contributed by atoms with Gasteiger partial charge in [0.15, 0.2) is 9.84 Å². The third-order valence-electron chi connectivity index (χ3n) is 3.47. The summed E-state index contributed by atoms with van der Waals surface area (Å²) in [5, 5.41) is 8.98. The van der Waals surface area contributed by atoms with E-state index in [4.69, 9.17) is 21.4 Å². The van der Waals surface area contributed by atoms with E-state index < -0.39 is 21.9 Å². The van der Waals surface area contributed by atoms with Crippen LogP contribution in [0, 0.1) is 0 Å². The summed E-state index contributed by atoms with van der Waals surface area (Å²) < 4.78 is 30.6. The molecule has 2 rings (SSSR count). The highest BCUT2D eigenvalue weighted by atomic mass is 35.5. The molecule has 0 amide bonds. The number of rotatable bonds is 4. The molecule has 0 radical (unpaired) electrons. The quantitative estimate of drug-likeness (QED) is 0.917. The van der Waals surface area contributed by atoms with Crippen molar-refractivity contribution in [1.29, 1.82) is 0 Å². The van der Waals surface area contributed by atoms with Gasteiger partial charge >= 0.3 is 5.97 Å². The molecular weight excluding hydrogens is 316 g/mol. The van der Waals surface area contributed by atoms with Crippen molar-refractivity contribution < 1.29 is 23.1 Å². The molecule has 1 atom stereocenters. The van der Waals surface area contributed by atoms with Gasteiger partial charge in [0.25, 0.3) is 0 Å². The van der Waals surface area contributed by atoms with E-state index in [-0.39, 0.29) is 26.8 Å². The summed E-state index contributed by atoms with van der Waals surface area (Å²) in [5.74, 6) is -1.39. The number of carboxylic acid groups (broad SMARTS) is 1. The minimum Gasteiger partial charge on any atom is -0.478 e. The molecule has 7 heteroatoms. The molecule has 5 nitrogen and oxygen atoms in total. The minimum atomic E-state index is -3.70. The van der Waals surface area contributed by atoms with E-state index in [2.05, 4.69) is 0 Å². The fourth-order valence-electron chi connectivity index (χ4n) is 2.40. The largest absolute Gasteiger partial charge is 0.478 e. The predicted octanol–water partition coefficient (Wildman–Crippen LogP) is 2.77. The topological polar surface area (TPSA) is 80.7 Å². The van der Waals surface area contributed by atoms with E-state index in [1.165, 1.54) is 12.1 Å². The first-order valence-corrected chi connectivity index (χ1v) is 8.57. The van der Waals surface area contributed by atoms with Crippen molar-refractivity contribution in [3.63, 3.8) is 0 Å². The molecule has 1 aromatic rings. The van der Waals surface area contributed by atoms with Crippen LogP contribution >= 0.6 is 11.6 Å². The molecule has 1 N–H and O–H groups in total. The molecule has 1 aromatic carbocycles. The average molecular weight is 333 g/mol. The van der Waals surface area contributed by atoms with Gasteiger partial charge in [-0.25, -0.2) is 13.2 Å². The minimum absolute atomic E-state index is 0.0252. The van der Waals surface area contributed by atoms with Gasteiger partial charge in [-0.15, -0.1) is 0 Å². The van der Waals surface area contributed by atoms with E-state index in [0.717, 1.165) is 12.5 Å². The van der Waals surface area contributed by atoms with Crippen LogP contribution in [0.2, 0.25) is 5.02 Å². The first-order valence-electron chi connectivity index (χ1n) is 6.54. The number of sulfone groups is 1. The lowest BCUT2D eigenvalue weighted by atomic mass is 10.1. The normalized spacial score (nSPS) is 21.4. The van der Waals surface area contributed by atoms with E-state index >= 15 is 0 Å². The van der Waals surface area contributed by atoms with Crippen LogP contribution in [0.25, 0.3) is 0 Å². The molecule has 0 bridgehead atoms. The van der Waals surface area contributed by atoms with Crippen LogP contribution in [-0.2, 0) is 14.6 Å². The predicted molar refractivity (Wildman–Crippen MR) is 78.7 cm³/mol. The molecular formula is C14H17ClO5S. The van der Waals surface area contributed by atoms with E-state index in [0.29, 0.717) is 6.42 Å². The standard InChI is InChI=1S/C14H17ClO5S/c1-14(2)6-5-10(20-14)8-21(18,19)12-7-9(13(16)17)3-4-11(12)15/h3-4,7,10H,5-6,8H2,1-2H3,(H,16,17). The van der Waals surface area contributed by atoms with Gasteiger partial charge in [0.05, 0.1) is 32.9 Å². The highest BCUT2D eigenvalue weighted by molar-refractivity contribution is 7.91. The highest BCUT2D eigenvalue weighted by Gasteiger charge is 2.35. The Morgan fingerprint density at radius 2 is 2.14 bits per heavy atom. The SMILES string of the molecule is CC1(C)CCC(CS(=O)(=O)c2cc(C(=O)O)ccc2Cl)O1. The van der Waals surface area contributed by atoms with Gasteiger partial charge in [0, 0.05) is 0 Å². The fraction of sp³-hybridized carbons (Fsp3) is 0.500. The number of hydrogen-bond donors (Lipinski definition) is 1. The third-order valence-corrected chi connectivity index (χ3v) is 5.73. The molecule has 1 unspecified atom stereocenters. The van der Waals surface area contributed by atoms with Crippen LogP contribution in [0.15, 0.2) is 23.1 Å². The molecule has 21 heavy (non-hydrogen) atoms. The molecule has 0 saturated carbocycles. The maximum atomic E-state index is 12.4. The van der Waals surface area contributed by atoms with Crippen LogP contribution in [-0.4, -0.2) is 37.0 Å². The van der Waals surface area contributed by atoms with E-state index in [9.17, 15) is 13.2 Å². The maximum Gasteiger partial charge on any atom is 0.335 e. The molecule has 0 aliphatic carbocycles. The van der Waals surface area contributed by atoms with Gasteiger partial charge in [-0.3, -0.25) is 0 Å². The van der Waals surface area contributed by atoms with Gasteiger partial charge in [-0.2, -0.15) is 0 Å². The lowest BCUT2D eigenvalue weighted by molar-refractivity contribution is -0.00528. The van der Waals surface area contributed by atoms with E-state index in [1.807, 2.05) is 13.8 Å². The molecule has 116 valence electrons. The number of aromatic carboxylic acids is 1. The zero-order chi connectivity index (χ0) is 15.8. The van der Waals surface area contributed by atoms with Gasteiger partial charge in [-0.05, 0) is 44.9 Å². The zero-order valence-electron chi connectivity index (χ0n) is 11.8. The monoisotopic (exact) mass is 332 g/mol. The Hall–Kier alpha value is -1.11. The number of halogens is 1. The number of hydrogen-bond acceptors (Lipinski definition) is 4. The molecule has 1 aliphatic heterocycles. The lowest BCUT2D eigenvalue weighted by Crippen LogP contribution is -2.25. The van der Waals surface area contributed by atoms with Gasteiger partial charge in [-0.1, -0.05) is 11.6 Å². The Morgan fingerprint density at radius 1 is 1.48 bits per heavy atom. The van der Waals surface area contributed by atoms with Gasteiger partial charge in [0.2, 0.25) is 0 Å². The summed E-state index contributed by atoms with van der Waals surface area (Å²) in [5.41, 5.74) is -0.432. The zero-order valence-corrected chi connectivity index (χ0v) is 13.4. The molecule has 1 aliphatic rings. The lowest BCUT2D eigenvalue weighted by Gasteiger charge is -2.19. The van der Waals surface area contributed by atoms with Crippen molar-refractivity contribution in [2.75, 3.05) is 5.75 Å². The second-order valence-electron chi connectivity index (χ2n) is 5.77. The summed E-state index contributed by atoms with van der Waals surface area (Å²) in [6.07, 6.45) is 1.05. The first kappa shape index (κ1) is 16.3. The molecule has 1 saturated heterocycles. The Balaban J connectivity index is 2.28. The van der Waals surface area contributed by atoms with Crippen molar-refractivity contribution in [3.05, 3.63) is 28.8 Å². The van der Waals surface area contributed by atoms with Crippen molar-refractivity contribution >= 4 is 27.4 Å². The van der Waals surface area contributed by atoms with Crippen LogP contribution in [0.3, 0.4) is 0 Å². The molecule has 1 fully saturated rings. The second-order valence-corrected chi connectivity index (χ2v) is 8.18. The third kappa shape index (κ3) is 3.75. The Kier molecular flexibility index (Phi) is 4.33. The van der Waals surface area contributed by atoms with Crippen molar-refractivity contribution in [3.8, 4) is 0 Å². The highest BCUT2D eigenvalue weighted by Crippen LogP contribution is 2.32. The summed E-state index contributed by atoms with van der Waals surface area (Å²) in [6.45, 7) is 3.83. The fourth-order valence-corrected chi connectivity index (χ4v) is 4.45. The first-order chi connectivity index (χ1) is 9.61.